The molecule has 1 amide bonds. The molecule has 0 aromatic heterocycles. The van der Waals surface area contributed by atoms with E-state index in [1.165, 1.54) is 0 Å². The molecule has 4 saturated carbocycles. The van der Waals surface area contributed by atoms with Crippen LogP contribution in [-0.2, 0) is 4.84 Å². The minimum absolute atomic E-state index is 0.0653. The predicted octanol–water partition coefficient (Wildman–Crippen LogP) is 5.46. The maximum Gasteiger partial charge on any atom is 0.431 e. The topological polar surface area (TPSA) is 68.3 Å². The molecule has 39 heavy (non-hydrogen) atoms. The van der Waals surface area contributed by atoms with E-state index < -0.39 is 17.6 Å². The molecular formula is C30H36F2N4O3. The van der Waals surface area contributed by atoms with Gasteiger partial charge in [-0.3, -0.25) is 0 Å². The number of hydrogen-bond acceptors (Lipinski definition) is 6. The lowest BCUT2D eigenvalue weighted by Gasteiger charge is -2.57. The van der Waals surface area contributed by atoms with Crippen LogP contribution < -0.4 is 20.2 Å². The first kappa shape index (κ1) is 24.9. The van der Waals surface area contributed by atoms with E-state index in [0.29, 0.717) is 43.9 Å². The van der Waals surface area contributed by atoms with Crippen LogP contribution in [0.4, 0.5) is 36.3 Å². The van der Waals surface area contributed by atoms with Gasteiger partial charge >= 0.3 is 6.09 Å². The summed E-state index contributed by atoms with van der Waals surface area (Å²) in [6, 6.07) is 16.0. The molecule has 0 radical (unpaired) electrons. The minimum Gasteiger partial charge on any atom is -0.390 e. The summed E-state index contributed by atoms with van der Waals surface area (Å²) in [5, 5.41) is 15.7. The van der Waals surface area contributed by atoms with Gasteiger partial charge < -0.3 is 25.1 Å². The number of nitrogens with one attached hydrogen (secondary N) is 1. The van der Waals surface area contributed by atoms with Crippen molar-refractivity contribution in [1.82, 2.24) is 5.32 Å². The van der Waals surface area contributed by atoms with Gasteiger partial charge in [0.15, 0.2) is 0 Å². The fourth-order valence-electron chi connectivity index (χ4n) is 8.11. The lowest BCUT2D eigenvalue weighted by molar-refractivity contribution is -0.137. The summed E-state index contributed by atoms with van der Waals surface area (Å²) < 4.78 is 27.1. The van der Waals surface area contributed by atoms with Crippen LogP contribution in [0.25, 0.3) is 0 Å². The van der Waals surface area contributed by atoms with Gasteiger partial charge in [0.25, 0.3) is 5.92 Å². The number of piperidine rings is 1. The van der Waals surface area contributed by atoms with Gasteiger partial charge in [-0.05, 0) is 86.3 Å². The molecule has 2 aromatic rings. The zero-order chi connectivity index (χ0) is 26.8. The SMILES string of the molecule is O=C(NC1[C@@H]2CC3C[C@H]1CC(O)(C3)C2)ON1CCN(c2ccc(N3CCC(F)(F)CC3)cc2)c2ccccc21. The van der Waals surface area contributed by atoms with Crippen molar-refractivity contribution >= 4 is 28.8 Å². The molecule has 2 heterocycles. The van der Waals surface area contributed by atoms with Crippen LogP contribution in [-0.4, -0.2) is 54.9 Å². The molecule has 7 nitrogen and oxygen atoms in total. The molecule has 3 unspecified atom stereocenters. The standard InChI is InChI=1S/C30H36F2N4O3/c31-30(32)9-11-34(12-10-30)23-5-7-24(8-6-23)35-13-14-36(26-4-2-1-3-25(26)35)39-28(37)33-27-21-15-20-16-22(27)19-29(38,17-20)18-21/h1-8,20-22,27,38H,9-19H2,(H,33,37)/t20?,21-,22+,27?,29?. The third kappa shape index (κ3) is 4.68. The number of benzene rings is 2. The number of amides is 1. The molecular weight excluding hydrogens is 502 g/mol. The van der Waals surface area contributed by atoms with Crippen molar-refractivity contribution in [2.75, 3.05) is 41.0 Å². The number of hydrogen-bond donors (Lipinski definition) is 2. The van der Waals surface area contributed by atoms with Crippen molar-refractivity contribution in [2.45, 2.75) is 62.5 Å². The summed E-state index contributed by atoms with van der Waals surface area (Å²) in [7, 11) is 0. The Balaban J connectivity index is 1.02. The fraction of sp³-hybridized carbons (Fsp3) is 0.567. The second-order valence-electron chi connectivity index (χ2n) is 12.3. The fourth-order valence-corrected chi connectivity index (χ4v) is 8.11. The van der Waals surface area contributed by atoms with Crippen LogP contribution in [0.15, 0.2) is 48.5 Å². The van der Waals surface area contributed by atoms with Gasteiger partial charge in [-0.1, -0.05) is 12.1 Å². The minimum atomic E-state index is -2.56. The number of fused-ring (bicyclic) bond motifs is 1. The number of carbonyl (C=O) groups excluding carboxylic acids is 1. The molecule has 4 bridgehead atoms. The van der Waals surface area contributed by atoms with Crippen molar-refractivity contribution < 1.29 is 23.5 Å². The van der Waals surface area contributed by atoms with E-state index in [-0.39, 0.29) is 18.9 Å². The summed E-state index contributed by atoms with van der Waals surface area (Å²) in [5.41, 5.74) is 3.19. The van der Waals surface area contributed by atoms with E-state index in [1.807, 2.05) is 53.4 Å². The van der Waals surface area contributed by atoms with E-state index in [9.17, 15) is 18.7 Å². The van der Waals surface area contributed by atoms with E-state index in [0.717, 1.165) is 54.9 Å². The van der Waals surface area contributed by atoms with Crippen LogP contribution >= 0.6 is 0 Å². The largest absolute Gasteiger partial charge is 0.431 e. The zero-order valence-corrected chi connectivity index (χ0v) is 22.1. The monoisotopic (exact) mass is 538 g/mol. The van der Waals surface area contributed by atoms with Gasteiger partial charge in [0.1, 0.15) is 0 Å². The third-order valence-corrected chi connectivity index (χ3v) is 9.71. The first-order chi connectivity index (χ1) is 18.8. The van der Waals surface area contributed by atoms with E-state index >= 15 is 0 Å². The highest BCUT2D eigenvalue weighted by Gasteiger charge is 2.55. The summed E-state index contributed by atoms with van der Waals surface area (Å²) in [6.07, 6.45) is 3.97. The highest BCUT2D eigenvalue weighted by molar-refractivity contribution is 5.80. The molecule has 4 aliphatic carbocycles. The van der Waals surface area contributed by atoms with Gasteiger partial charge in [0.2, 0.25) is 0 Å². The van der Waals surface area contributed by atoms with Gasteiger partial charge in [-0.15, -0.1) is 0 Å². The molecule has 208 valence electrons. The Morgan fingerprint density at radius 1 is 0.872 bits per heavy atom. The Bertz CT molecular complexity index is 1210. The second-order valence-corrected chi connectivity index (χ2v) is 12.3. The van der Waals surface area contributed by atoms with Crippen LogP contribution in [0, 0.1) is 17.8 Å². The smallest absolute Gasteiger partial charge is 0.390 e. The normalized spacial score (nSPS) is 32.6. The van der Waals surface area contributed by atoms with Crippen LogP contribution in [0.5, 0.6) is 0 Å². The highest BCUT2D eigenvalue weighted by Crippen LogP contribution is 2.55. The Hall–Kier alpha value is -3.07. The van der Waals surface area contributed by atoms with Crippen LogP contribution in [0.2, 0.25) is 0 Å². The van der Waals surface area contributed by atoms with Gasteiger partial charge in [-0.25, -0.2) is 18.6 Å². The van der Waals surface area contributed by atoms with Gasteiger partial charge in [-0.2, -0.15) is 0 Å². The molecule has 2 aromatic carbocycles. The molecule has 8 rings (SSSR count). The van der Waals surface area contributed by atoms with Gasteiger partial charge in [0, 0.05) is 49.9 Å². The quantitative estimate of drug-likeness (QED) is 0.539. The molecule has 5 atom stereocenters. The molecule has 6 aliphatic rings. The lowest BCUT2D eigenvalue weighted by atomic mass is 9.52. The number of carbonyl (C=O) groups is 1. The van der Waals surface area contributed by atoms with Crippen LogP contribution in [0.3, 0.4) is 0 Å². The first-order valence-electron chi connectivity index (χ1n) is 14.3. The summed E-state index contributed by atoms with van der Waals surface area (Å²) in [4.78, 5) is 23.2. The Kier molecular flexibility index (Phi) is 5.91. The van der Waals surface area contributed by atoms with E-state index in [1.54, 1.807) is 5.06 Å². The zero-order valence-electron chi connectivity index (χ0n) is 22.1. The molecule has 2 aliphatic heterocycles. The number of alkyl halides is 2. The number of anilines is 4. The average Bonchev–Trinajstić information content (AvgIpc) is 2.90. The van der Waals surface area contributed by atoms with E-state index in [4.69, 9.17) is 4.84 Å². The maximum absolute atomic E-state index is 13.6. The number of nitrogens with zero attached hydrogens (tertiary/aromatic N) is 3. The summed E-state index contributed by atoms with van der Waals surface area (Å²) >= 11 is 0. The molecule has 1 saturated heterocycles. The van der Waals surface area contributed by atoms with Crippen molar-refractivity contribution in [2.24, 2.45) is 17.8 Å². The van der Waals surface area contributed by atoms with Crippen molar-refractivity contribution in [1.29, 1.82) is 0 Å². The Morgan fingerprint density at radius 2 is 1.51 bits per heavy atom. The van der Waals surface area contributed by atoms with Crippen molar-refractivity contribution in [3.8, 4) is 0 Å². The molecule has 2 N–H and O–H groups in total. The predicted molar refractivity (Wildman–Crippen MR) is 146 cm³/mol. The van der Waals surface area contributed by atoms with Gasteiger partial charge in [0.05, 0.1) is 23.5 Å². The lowest BCUT2D eigenvalue weighted by Crippen LogP contribution is -2.62. The first-order valence-corrected chi connectivity index (χ1v) is 14.3. The summed E-state index contributed by atoms with van der Waals surface area (Å²) in [6.45, 7) is 1.85. The number of halogens is 2. The molecule has 5 fully saturated rings. The second kappa shape index (κ2) is 9.25. The Labute approximate surface area is 227 Å². The third-order valence-electron chi connectivity index (χ3n) is 9.71. The number of hydroxylamine groups is 1. The van der Waals surface area contributed by atoms with Crippen molar-refractivity contribution in [3.63, 3.8) is 0 Å². The number of rotatable bonds is 4. The number of aliphatic hydroxyl groups is 1. The van der Waals surface area contributed by atoms with E-state index in [2.05, 4.69) is 10.2 Å². The van der Waals surface area contributed by atoms with Crippen molar-refractivity contribution in [3.05, 3.63) is 48.5 Å². The Morgan fingerprint density at radius 3 is 2.18 bits per heavy atom. The maximum atomic E-state index is 13.6. The van der Waals surface area contributed by atoms with Crippen LogP contribution in [0.1, 0.15) is 44.9 Å². The molecule has 9 heteroatoms. The summed E-state index contributed by atoms with van der Waals surface area (Å²) in [5.74, 6) is -1.33. The number of para-hydroxylation sites is 2. The highest BCUT2D eigenvalue weighted by atomic mass is 19.3. The molecule has 0 spiro atoms. The average molecular weight is 539 g/mol.